The number of aromatic nitrogens is 4. The molecule has 7 nitrogen and oxygen atoms in total. The first-order valence-electron chi connectivity index (χ1n) is 10.6. The van der Waals surface area contributed by atoms with Crippen molar-refractivity contribution in [1.82, 2.24) is 19.5 Å². The molecule has 160 valence electrons. The molecule has 0 spiro atoms. The number of carbonyl (C=O) groups excluding carboxylic acids is 1. The maximum atomic E-state index is 12.2. The average molecular weight is 436 g/mol. The molecule has 0 radical (unpaired) electrons. The lowest BCUT2D eigenvalue weighted by Crippen LogP contribution is -2.22. The number of imidazole rings is 1. The van der Waals surface area contributed by atoms with Gasteiger partial charge in [0, 0.05) is 16.3 Å². The minimum atomic E-state index is -0.597. The zero-order valence-corrected chi connectivity index (χ0v) is 18.8. The first-order chi connectivity index (χ1) is 14.8. The lowest BCUT2D eigenvalue weighted by Gasteiger charge is -2.19. The number of aliphatic hydroxyl groups is 1. The van der Waals surface area contributed by atoms with Crippen molar-refractivity contribution < 1.29 is 9.90 Å². The van der Waals surface area contributed by atoms with E-state index in [4.69, 9.17) is 4.98 Å². The maximum absolute atomic E-state index is 12.2. The Bertz CT molecular complexity index is 1250. The molecule has 2 N–H and O–H groups in total. The molecule has 0 aromatic carbocycles. The number of Topliss-reactive ketones (excluding diaryl/α,β-unsaturated/α-hetero) is 1. The lowest BCUT2D eigenvalue weighted by atomic mass is 9.99. The second-order valence-corrected chi connectivity index (χ2v) is 10.3. The second-order valence-electron chi connectivity index (χ2n) is 8.96. The number of anilines is 1. The molecular formula is C23H25N5O2S. The molecule has 8 heteroatoms. The SMILES string of the molecule is CC(=O)[C@]12CC1[C@@H](n1cnc3c(NC(C)C)nc(C#Cc4ccc(C)s4)nc31)[C@H](O)C2. The first-order valence-corrected chi connectivity index (χ1v) is 11.4. The van der Waals surface area contributed by atoms with E-state index in [0.717, 1.165) is 11.3 Å². The molecule has 0 aliphatic heterocycles. The number of aliphatic hydroxyl groups excluding tert-OH is 1. The second kappa shape index (κ2) is 7.14. The van der Waals surface area contributed by atoms with Crippen LogP contribution in [0.15, 0.2) is 18.5 Å². The largest absolute Gasteiger partial charge is 0.391 e. The number of carbonyl (C=O) groups is 1. The summed E-state index contributed by atoms with van der Waals surface area (Å²) in [5.74, 6) is 7.56. The Morgan fingerprint density at radius 3 is 2.77 bits per heavy atom. The summed E-state index contributed by atoms with van der Waals surface area (Å²) in [6.45, 7) is 7.76. The van der Waals surface area contributed by atoms with Crippen molar-refractivity contribution in [3.8, 4) is 11.8 Å². The molecule has 4 atom stereocenters. The van der Waals surface area contributed by atoms with E-state index in [2.05, 4.69) is 27.1 Å². The summed E-state index contributed by atoms with van der Waals surface area (Å²) in [6, 6.07) is 3.98. The van der Waals surface area contributed by atoms with E-state index >= 15 is 0 Å². The molecule has 0 amide bonds. The van der Waals surface area contributed by atoms with Gasteiger partial charge >= 0.3 is 0 Å². The van der Waals surface area contributed by atoms with Crippen molar-refractivity contribution in [2.45, 2.75) is 58.7 Å². The van der Waals surface area contributed by atoms with Crippen LogP contribution < -0.4 is 5.32 Å². The Morgan fingerprint density at radius 1 is 1.32 bits per heavy atom. The number of thiophene rings is 1. The molecule has 2 saturated carbocycles. The molecule has 2 aliphatic rings. The molecule has 1 unspecified atom stereocenters. The van der Waals surface area contributed by atoms with Gasteiger partial charge in [0.1, 0.15) is 5.78 Å². The van der Waals surface area contributed by atoms with Crippen LogP contribution in [0.1, 0.15) is 55.2 Å². The zero-order valence-electron chi connectivity index (χ0n) is 18.0. The number of aryl methyl sites for hydroxylation is 1. The number of fused-ring (bicyclic) bond motifs is 2. The number of hydrogen-bond acceptors (Lipinski definition) is 7. The quantitative estimate of drug-likeness (QED) is 0.611. The Labute approximate surface area is 184 Å². The molecule has 2 fully saturated rings. The fourth-order valence-electron chi connectivity index (χ4n) is 4.89. The highest BCUT2D eigenvalue weighted by Crippen LogP contribution is 2.68. The van der Waals surface area contributed by atoms with Gasteiger partial charge in [-0.3, -0.25) is 4.79 Å². The van der Waals surface area contributed by atoms with Gasteiger partial charge in [-0.25, -0.2) is 15.0 Å². The fourth-order valence-corrected chi connectivity index (χ4v) is 5.61. The lowest BCUT2D eigenvalue weighted by molar-refractivity contribution is -0.122. The van der Waals surface area contributed by atoms with Crippen molar-refractivity contribution in [3.05, 3.63) is 34.0 Å². The highest BCUT2D eigenvalue weighted by molar-refractivity contribution is 7.12. The van der Waals surface area contributed by atoms with Crippen LogP contribution in [-0.2, 0) is 4.79 Å². The standard InChI is InChI=1S/C23H25N5O2S/c1-12(2)25-21-19-22(27-18(26-21)8-7-15-6-5-13(3)31-15)28(11-24-19)20-16-9-23(16,14(4)29)10-17(20)30/h5-6,11-12,16-17,20,30H,9-10H2,1-4H3,(H,25,26,27)/t16?,17-,20-,23-/m1/s1. The Morgan fingerprint density at radius 2 is 2.13 bits per heavy atom. The maximum Gasteiger partial charge on any atom is 0.209 e. The fraction of sp³-hybridized carbons (Fsp3) is 0.478. The van der Waals surface area contributed by atoms with E-state index in [-0.39, 0.29) is 29.2 Å². The van der Waals surface area contributed by atoms with Crippen LogP contribution in [0.4, 0.5) is 5.82 Å². The number of hydrogen-bond donors (Lipinski definition) is 2. The van der Waals surface area contributed by atoms with E-state index in [1.54, 1.807) is 24.6 Å². The first kappa shape index (κ1) is 20.2. The van der Waals surface area contributed by atoms with Gasteiger partial charge < -0.3 is 15.0 Å². The van der Waals surface area contributed by atoms with Crippen LogP contribution in [0.2, 0.25) is 0 Å². The third-order valence-corrected chi connectivity index (χ3v) is 7.34. The van der Waals surface area contributed by atoms with Crippen LogP contribution in [0.5, 0.6) is 0 Å². The van der Waals surface area contributed by atoms with Crippen LogP contribution in [0.25, 0.3) is 11.2 Å². The molecule has 2 aliphatic carbocycles. The van der Waals surface area contributed by atoms with Crippen molar-refractivity contribution in [2.75, 3.05) is 5.32 Å². The van der Waals surface area contributed by atoms with Gasteiger partial charge in [-0.2, -0.15) is 0 Å². The van der Waals surface area contributed by atoms with Gasteiger partial charge in [0.25, 0.3) is 0 Å². The van der Waals surface area contributed by atoms with Crippen molar-refractivity contribution in [1.29, 1.82) is 0 Å². The normalized spacial score (nSPS) is 26.6. The smallest absolute Gasteiger partial charge is 0.209 e. The van der Waals surface area contributed by atoms with Gasteiger partial charge in [-0.1, -0.05) is 0 Å². The summed E-state index contributed by atoms with van der Waals surface area (Å²) >= 11 is 1.63. The van der Waals surface area contributed by atoms with E-state index in [1.807, 2.05) is 37.5 Å². The summed E-state index contributed by atoms with van der Waals surface area (Å²) in [4.78, 5) is 28.2. The van der Waals surface area contributed by atoms with E-state index < -0.39 is 6.10 Å². The third-order valence-electron chi connectivity index (χ3n) is 6.42. The molecule has 5 rings (SSSR count). The van der Waals surface area contributed by atoms with E-state index in [1.165, 1.54) is 4.88 Å². The molecule has 3 aromatic rings. The summed E-state index contributed by atoms with van der Waals surface area (Å²) in [7, 11) is 0. The molecule has 31 heavy (non-hydrogen) atoms. The Hall–Kier alpha value is -2.76. The minimum absolute atomic E-state index is 0.123. The third kappa shape index (κ3) is 3.33. The van der Waals surface area contributed by atoms with Gasteiger partial charge in [0.2, 0.25) is 5.82 Å². The predicted octanol–water partition coefficient (Wildman–Crippen LogP) is 3.32. The van der Waals surface area contributed by atoms with Crippen LogP contribution in [0.3, 0.4) is 0 Å². The molecule has 0 saturated heterocycles. The summed E-state index contributed by atoms with van der Waals surface area (Å²) < 4.78 is 1.93. The van der Waals surface area contributed by atoms with Gasteiger partial charge in [-0.15, -0.1) is 11.3 Å². The molecule has 0 bridgehead atoms. The van der Waals surface area contributed by atoms with Crippen molar-refractivity contribution >= 4 is 34.1 Å². The van der Waals surface area contributed by atoms with E-state index in [0.29, 0.717) is 29.2 Å². The molecular weight excluding hydrogens is 410 g/mol. The number of rotatable bonds is 4. The zero-order chi connectivity index (χ0) is 21.9. The van der Waals surface area contributed by atoms with Gasteiger partial charge in [-0.05, 0) is 70.4 Å². The predicted molar refractivity (Wildman–Crippen MR) is 120 cm³/mol. The Kier molecular flexibility index (Phi) is 4.65. The molecule has 3 aromatic heterocycles. The average Bonchev–Trinajstić information content (AvgIpc) is 2.99. The van der Waals surface area contributed by atoms with Gasteiger partial charge in [0.15, 0.2) is 17.0 Å². The van der Waals surface area contributed by atoms with Gasteiger partial charge in [0.05, 0.1) is 23.4 Å². The van der Waals surface area contributed by atoms with Crippen LogP contribution >= 0.6 is 11.3 Å². The number of nitrogens with zero attached hydrogens (tertiary/aromatic N) is 4. The number of nitrogens with one attached hydrogen (secondary N) is 1. The van der Waals surface area contributed by atoms with Crippen LogP contribution in [-0.4, -0.2) is 42.6 Å². The summed E-state index contributed by atoms with van der Waals surface area (Å²) in [6.07, 6.45) is 2.44. The van der Waals surface area contributed by atoms with Crippen molar-refractivity contribution in [3.63, 3.8) is 0 Å². The summed E-state index contributed by atoms with van der Waals surface area (Å²) in [5.41, 5.74) is 0.909. The Balaban J connectivity index is 1.59. The molecule has 3 heterocycles. The van der Waals surface area contributed by atoms with Crippen molar-refractivity contribution in [2.24, 2.45) is 11.3 Å². The monoisotopic (exact) mass is 435 g/mol. The minimum Gasteiger partial charge on any atom is -0.391 e. The van der Waals surface area contributed by atoms with E-state index in [9.17, 15) is 9.90 Å². The summed E-state index contributed by atoms with van der Waals surface area (Å²) in [5, 5.41) is 14.1. The highest BCUT2D eigenvalue weighted by Gasteiger charge is 2.68. The number of ketones is 1. The van der Waals surface area contributed by atoms with Crippen LogP contribution in [0, 0.1) is 30.1 Å². The topological polar surface area (TPSA) is 92.9 Å². The highest BCUT2D eigenvalue weighted by atomic mass is 32.1.